The fraction of sp³-hybridized carbons (Fsp3) is 0.250. The van der Waals surface area contributed by atoms with E-state index in [9.17, 15) is 4.79 Å². The van der Waals surface area contributed by atoms with Crippen molar-refractivity contribution >= 4 is 17.5 Å². The van der Waals surface area contributed by atoms with Gasteiger partial charge in [0.25, 0.3) is 0 Å². The summed E-state index contributed by atoms with van der Waals surface area (Å²) < 4.78 is 7.14. The van der Waals surface area contributed by atoms with Crippen LogP contribution in [0.15, 0.2) is 60.9 Å². The summed E-state index contributed by atoms with van der Waals surface area (Å²) in [6.07, 6.45) is 1.51. The Morgan fingerprint density at radius 2 is 1.89 bits per heavy atom. The highest BCUT2D eigenvalue weighted by atomic mass is 16.5. The van der Waals surface area contributed by atoms with E-state index < -0.39 is 0 Å². The van der Waals surface area contributed by atoms with Crippen molar-refractivity contribution < 1.29 is 9.53 Å². The number of hydrogen-bond acceptors (Lipinski definition) is 5. The quantitative estimate of drug-likeness (QED) is 0.745. The first kappa shape index (κ1) is 17.1. The van der Waals surface area contributed by atoms with E-state index >= 15 is 0 Å². The first-order valence-electron chi connectivity index (χ1n) is 8.84. The number of amides is 1. The lowest BCUT2D eigenvalue weighted by molar-refractivity contribution is -0.121. The van der Waals surface area contributed by atoms with Gasteiger partial charge in [0.1, 0.15) is 12.1 Å². The van der Waals surface area contributed by atoms with Gasteiger partial charge in [-0.25, -0.2) is 4.68 Å². The number of nitrogens with zero attached hydrogens (tertiary/aromatic N) is 3. The molecule has 7 nitrogen and oxygen atoms in total. The molecule has 0 aliphatic carbocycles. The highest BCUT2D eigenvalue weighted by molar-refractivity contribution is 5.95. The summed E-state index contributed by atoms with van der Waals surface area (Å²) in [6, 6.07) is 16.9. The van der Waals surface area contributed by atoms with Crippen LogP contribution in [-0.2, 0) is 4.79 Å². The van der Waals surface area contributed by atoms with Crippen molar-refractivity contribution in [1.82, 2.24) is 14.8 Å². The minimum atomic E-state index is -0.383. The number of para-hydroxylation sites is 2. The number of carbonyl (C=O) groups is 1. The smallest absolute Gasteiger partial charge is 0.232 e. The second-order valence-electron chi connectivity index (χ2n) is 6.53. The van der Waals surface area contributed by atoms with E-state index in [2.05, 4.69) is 20.7 Å². The normalized spacial score (nSPS) is 21.0. The van der Waals surface area contributed by atoms with Gasteiger partial charge in [0.2, 0.25) is 11.9 Å². The highest BCUT2D eigenvalue weighted by Gasteiger charge is 2.41. The summed E-state index contributed by atoms with van der Waals surface area (Å²) >= 11 is 0. The van der Waals surface area contributed by atoms with Gasteiger partial charge in [-0.2, -0.15) is 10.1 Å². The average Bonchev–Trinajstić information content (AvgIpc) is 3.15. The topological polar surface area (TPSA) is 81.1 Å². The number of hydrogen-bond donors (Lipinski definition) is 2. The minimum absolute atomic E-state index is 0.102. The molecule has 3 atom stereocenters. The Bertz CT molecular complexity index is 940. The molecule has 3 aromatic rings. The first-order chi connectivity index (χ1) is 13.2. The van der Waals surface area contributed by atoms with E-state index in [4.69, 9.17) is 4.74 Å². The Labute approximate surface area is 157 Å². The monoisotopic (exact) mass is 363 g/mol. The number of nitrogens with one attached hydrogen (secondary N) is 2. The average molecular weight is 363 g/mol. The molecule has 2 N–H and O–H groups in total. The Hall–Kier alpha value is -3.35. The molecule has 1 amide bonds. The van der Waals surface area contributed by atoms with Gasteiger partial charge in [0.05, 0.1) is 24.8 Å². The van der Waals surface area contributed by atoms with E-state index in [-0.39, 0.29) is 23.9 Å². The predicted octanol–water partition coefficient (Wildman–Crippen LogP) is 2.95. The van der Waals surface area contributed by atoms with Crippen LogP contribution in [0.1, 0.15) is 18.5 Å². The first-order valence-corrected chi connectivity index (χ1v) is 8.84. The molecule has 1 aromatic heterocycles. The molecule has 7 heteroatoms. The fourth-order valence-electron chi connectivity index (χ4n) is 3.61. The van der Waals surface area contributed by atoms with Crippen molar-refractivity contribution in [2.75, 3.05) is 17.7 Å². The molecule has 2 heterocycles. The van der Waals surface area contributed by atoms with Crippen molar-refractivity contribution in [2.24, 2.45) is 5.92 Å². The van der Waals surface area contributed by atoms with Crippen molar-refractivity contribution in [3.63, 3.8) is 0 Å². The van der Waals surface area contributed by atoms with Crippen LogP contribution in [0.2, 0.25) is 0 Å². The number of methoxy groups -OCH3 is 1. The lowest BCUT2D eigenvalue weighted by Gasteiger charge is -2.36. The van der Waals surface area contributed by atoms with Crippen molar-refractivity contribution in [1.29, 1.82) is 0 Å². The lowest BCUT2D eigenvalue weighted by Crippen LogP contribution is -2.46. The summed E-state index contributed by atoms with van der Waals surface area (Å²) in [5, 5.41) is 10.7. The summed E-state index contributed by atoms with van der Waals surface area (Å²) in [7, 11) is 1.59. The molecule has 4 rings (SSSR count). The van der Waals surface area contributed by atoms with E-state index in [0.717, 1.165) is 5.56 Å². The van der Waals surface area contributed by atoms with E-state index in [0.29, 0.717) is 17.4 Å². The van der Waals surface area contributed by atoms with E-state index in [1.807, 2.05) is 61.5 Å². The van der Waals surface area contributed by atoms with Gasteiger partial charge in [-0.3, -0.25) is 4.79 Å². The van der Waals surface area contributed by atoms with Crippen LogP contribution in [0.5, 0.6) is 5.75 Å². The molecule has 0 unspecified atom stereocenters. The Kier molecular flexibility index (Phi) is 4.50. The van der Waals surface area contributed by atoms with Crippen LogP contribution in [0.4, 0.5) is 11.6 Å². The Balaban J connectivity index is 1.72. The zero-order valence-corrected chi connectivity index (χ0v) is 15.2. The second kappa shape index (κ2) is 7.11. The third kappa shape index (κ3) is 3.12. The maximum atomic E-state index is 13.3. The SMILES string of the molecule is COc1ccccc1NC(=O)[C@@H]1[C@H](C)Nc2ncnn2[C@@H]1c1ccccc1. The molecule has 0 bridgehead atoms. The number of ether oxygens (including phenoxy) is 1. The maximum absolute atomic E-state index is 13.3. The van der Waals surface area contributed by atoms with Crippen LogP contribution in [0.3, 0.4) is 0 Å². The molecular weight excluding hydrogens is 342 g/mol. The molecule has 0 fully saturated rings. The number of anilines is 2. The zero-order chi connectivity index (χ0) is 18.8. The van der Waals surface area contributed by atoms with Crippen LogP contribution >= 0.6 is 0 Å². The standard InChI is InChI=1S/C20H21N5O2/c1-13-17(19(26)24-15-10-6-7-11-16(15)27-2)18(14-8-4-3-5-9-14)25-20(23-13)21-12-22-25/h3-13,17-18H,1-2H3,(H,24,26)(H,21,22,23)/t13-,17+,18+/m0/s1. The van der Waals surface area contributed by atoms with Gasteiger partial charge < -0.3 is 15.4 Å². The van der Waals surface area contributed by atoms with Crippen molar-refractivity contribution in [3.05, 3.63) is 66.5 Å². The van der Waals surface area contributed by atoms with Crippen LogP contribution in [0.25, 0.3) is 0 Å². The Morgan fingerprint density at radius 1 is 1.15 bits per heavy atom. The van der Waals surface area contributed by atoms with Crippen LogP contribution in [0, 0.1) is 5.92 Å². The van der Waals surface area contributed by atoms with E-state index in [1.165, 1.54) is 6.33 Å². The second-order valence-corrected chi connectivity index (χ2v) is 6.53. The number of rotatable bonds is 4. The third-order valence-corrected chi connectivity index (χ3v) is 4.88. The van der Waals surface area contributed by atoms with Gasteiger partial charge >= 0.3 is 0 Å². The fourth-order valence-corrected chi connectivity index (χ4v) is 3.61. The number of carbonyl (C=O) groups excluding carboxylic acids is 1. The number of benzene rings is 2. The summed E-state index contributed by atoms with van der Waals surface area (Å²) in [5.74, 6) is 0.804. The van der Waals surface area contributed by atoms with E-state index in [1.54, 1.807) is 11.8 Å². The molecule has 1 aliphatic heterocycles. The van der Waals surface area contributed by atoms with Crippen LogP contribution in [-0.4, -0.2) is 33.8 Å². The number of fused-ring (bicyclic) bond motifs is 1. The molecule has 0 radical (unpaired) electrons. The summed E-state index contributed by atoms with van der Waals surface area (Å²) in [5.41, 5.74) is 1.66. The summed E-state index contributed by atoms with van der Waals surface area (Å²) in [4.78, 5) is 17.6. The lowest BCUT2D eigenvalue weighted by atomic mass is 9.85. The van der Waals surface area contributed by atoms with Gasteiger partial charge in [-0.15, -0.1) is 0 Å². The van der Waals surface area contributed by atoms with Gasteiger partial charge in [-0.1, -0.05) is 42.5 Å². The predicted molar refractivity (Wildman–Crippen MR) is 103 cm³/mol. The number of aromatic nitrogens is 3. The third-order valence-electron chi connectivity index (χ3n) is 4.88. The Morgan fingerprint density at radius 3 is 2.67 bits per heavy atom. The molecule has 0 saturated carbocycles. The van der Waals surface area contributed by atoms with Crippen molar-refractivity contribution in [2.45, 2.75) is 19.0 Å². The molecule has 2 aromatic carbocycles. The minimum Gasteiger partial charge on any atom is -0.495 e. The summed E-state index contributed by atoms with van der Waals surface area (Å²) in [6.45, 7) is 1.99. The molecule has 27 heavy (non-hydrogen) atoms. The zero-order valence-electron chi connectivity index (χ0n) is 15.2. The molecule has 0 saturated heterocycles. The molecule has 0 spiro atoms. The highest BCUT2D eigenvalue weighted by Crippen LogP contribution is 2.36. The van der Waals surface area contributed by atoms with Crippen LogP contribution < -0.4 is 15.4 Å². The molecule has 1 aliphatic rings. The maximum Gasteiger partial charge on any atom is 0.232 e. The largest absolute Gasteiger partial charge is 0.495 e. The van der Waals surface area contributed by atoms with Gasteiger partial charge in [0, 0.05) is 6.04 Å². The van der Waals surface area contributed by atoms with Crippen molar-refractivity contribution in [3.8, 4) is 5.75 Å². The van der Waals surface area contributed by atoms with Gasteiger partial charge in [0.15, 0.2) is 0 Å². The molecule has 138 valence electrons. The molecular formula is C20H21N5O2. The van der Waals surface area contributed by atoms with Gasteiger partial charge in [-0.05, 0) is 24.6 Å².